The topological polar surface area (TPSA) is 98.0 Å². The Morgan fingerprint density at radius 2 is 1.88 bits per heavy atom. The van der Waals surface area contributed by atoms with E-state index in [0.29, 0.717) is 11.3 Å². The van der Waals surface area contributed by atoms with E-state index in [2.05, 4.69) is 0 Å². The van der Waals surface area contributed by atoms with Crippen LogP contribution in [-0.2, 0) is 16.6 Å². The first-order valence-corrected chi connectivity index (χ1v) is 7.63. The Kier molecular flexibility index (Phi) is 5.36. The fraction of sp³-hybridized carbons (Fsp3) is 0.333. The number of nitrogens with zero attached hydrogens (tertiary/aromatic N) is 1. The summed E-state index contributed by atoms with van der Waals surface area (Å²) in [6, 6.07) is 5.98. The number of pyridine rings is 1. The quantitative estimate of drug-likeness (QED) is 0.801. The number of ether oxygens (including phenoxy) is 2. The monoisotopic (exact) mass is 347 g/mol. The number of hydrogen-bond acceptors (Lipinski definition) is 6. The van der Waals surface area contributed by atoms with E-state index >= 15 is 0 Å². The van der Waals surface area contributed by atoms with Gasteiger partial charge in [0.1, 0.15) is 5.75 Å². The van der Waals surface area contributed by atoms with Gasteiger partial charge in [-0.05, 0) is 30.7 Å². The lowest BCUT2D eigenvalue weighted by Gasteiger charge is -2.20. The van der Waals surface area contributed by atoms with E-state index in [0.717, 1.165) is 0 Å². The number of benzene rings is 1. The summed E-state index contributed by atoms with van der Waals surface area (Å²) in [5, 5.41) is 20.1. The molecule has 0 radical (unpaired) electrons. The van der Waals surface area contributed by atoms with Crippen LogP contribution in [0.3, 0.4) is 0 Å². The largest absolute Gasteiger partial charge is 0.507 e. The molecule has 1 heterocycles. The highest BCUT2D eigenvalue weighted by atomic mass is 16.5. The van der Waals surface area contributed by atoms with E-state index in [4.69, 9.17) is 9.47 Å². The Hall–Kier alpha value is -2.96. The Morgan fingerprint density at radius 1 is 1.20 bits per heavy atom. The van der Waals surface area contributed by atoms with Crippen molar-refractivity contribution < 1.29 is 24.5 Å². The predicted molar refractivity (Wildman–Crippen MR) is 91.2 cm³/mol. The molecule has 25 heavy (non-hydrogen) atoms. The van der Waals surface area contributed by atoms with Crippen molar-refractivity contribution in [3.8, 4) is 17.2 Å². The number of carbonyl (C=O) groups is 1. The van der Waals surface area contributed by atoms with E-state index in [1.54, 1.807) is 20.0 Å². The van der Waals surface area contributed by atoms with Crippen LogP contribution < -0.4 is 10.3 Å². The number of phenolic OH excluding ortho intramolecular Hbond substituents is 1. The summed E-state index contributed by atoms with van der Waals surface area (Å²) in [5.41, 5.74) is 0.812. The Labute approximate surface area is 145 Å². The molecule has 2 aromatic rings. The summed E-state index contributed by atoms with van der Waals surface area (Å²) in [6.07, 6.45) is -0.143. The van der Waals surface area contributed by atoms with E-state index in [-0.39, 0.29) is 29.2 Å². The third-order valence-corrected chi connectivity index (χ3v) is 4.24. The average molecular weight is 347 g/mol. The number of hydrogen-bond donors (Lipinski definition) is 2. The summed E-state index contributed by atoms with van der Waals surface area (Å²) >= 11 is 0. The van der Waals surface area contributed by atoms with Crippen LogP contribution in [0.4, 0.5) is 0 Å². The first-order valence-electron chi connectivity index (χ1n) is 7.63. The number of aromatic nitrogens is 1. The number of aromatic hydroxyl groups is 2. The smallest absolute Gasteiger partial charge is 0.306 e. The van der Waals surface area contributed by atoms with Gasteiger partial charge in [0.25, 0.3) is 5.56 Å². The summed E-state index contributed by atoms with van der Waals surface area (Å²) in [6.45, 7) is 1.70. The Balaban J connectivity index is 2.68. The molecule has 1 aromatic heterocycles. The van der Waals surface area contributed by atoms with Crippen LogP contribution in [0.1, 0.15) is 29.2 Å². The zero-order valence-corrected chi connectivity index (χ0v) is 14.6. The van der Waals surface area contributed by atoms with Gasteiger partial charge in [-0.25, -0.2) is 0 Å². The predicted octanol–water partition coefficient (Wildman–Crippen LogP) is 1.81. The molecule has 0 saturated carbocycles. The van der Waals surface area contributed by atoms with Gasteiger partial charge in [-0.3, -0.25) is 9.59 Å². The zero-order chi connectivity index (χ0) is 18.7. The molecule has 0 aliphatic heterocycles. The van der Waals surface area contributed by atoms with Gasteiger partial charge in [0.05, 0.1) is 26.2 Å². The third-order valence-electron chi connectivity index (χ3n) is 4.24. The van der Waals surface area contributed by atoms with E-state index in [9.17, 15) is 19.8 Å². The lowest BCUT2D eigenvalue weighted by Crippen LogP contribution is -2.26. The second-order valence-corrected chi connectivity index (χ2v) is 5.71. The number of rotatable bonds is 5. The molecule has 1 atom stereocenters. The molecule has 134 valence electrons. The maximum atomic E-state index is 12.7. The third kappa shape index (κ3) is 3.60. The standard InChI is InChI=1S/C18H21NO6/c1-10-7-14(21)17(18(23)19(10)2)12(9-16(22)25-4)11-5-6-13(20)15(8-11)24-3/h5-8,12,20-21H,9H2,1-4H3. The van der Waals surface area contributed by atoms with Crippen molar-refractivity contribution >= 4 is 5.97 Å². The van der Waals surface area contributed by atoms with Crippen molar-refractivity contribution in [3.05, 3.63) is 51.4 Å². The van der Waals surface area contributed by atoms with Crippen LogP contribution in [0.2, 0.25) is 0 Å². The minimum atomic E-state index is -0.749. The maximum Gasteiger partial charge on any atom is 0.306 e. The van der Waals surface area contributed by atoms with Crippen molar-refractivity contribution in [1.29, 1.82) is 0 Å². The van der Waals surface area contributed by atoms with Crippen molar-refractivity contribution in [2.75, 3.05) is 14.2 Å². The Bertz CT molecular complexity index is 855. The number of methoxy groups -OCH3 is 2. The van der Waals surface area contributed by atoms with Gasteiger partial charge in [-0.1, -0.05) is 6.07 Å². The lowest BCUT2D eigenvalue weighted by molar-refractivity contribution is -0.140. The molecule has 2 rings (SSSR count). The molecule has 0 spiro atoms. The van der Waals surface area contributed by atoms with Crippen LogP contribution in [0, 0.1) is 6.92 Å². The van der Waals surface area contributed by atoms with Gasteiger partial charge in [-0.15, -0.1) is 0 Å². The minimum absolute atomic E-state index is 0.0656. The molecule has 0 fully saturated rings. The average Bonchev–Trinajstić information content (AvgIpc) is 2.59. The fourth-order valence-electron chi connectivity index (χ4n) is 2.70. The molecule has 1 aromatic carbocycles. The van der Waals surface area contributed by atoms with Gasteiger partial charge < -0.3 is 24.3 Å². The van der Waals surface area contributed by atoms with Crippen LogP contribution in [-0.4, -0.2) is 35.0 Å². The summed E-state index contributed by atoms with van der Waals surface area (Å²) in [4.78, 5) is 24.6. The molecular formula is C18H21NO6. The minimum Gasteiger partial charge on any atom is -0.507 e. The van der Waals surface area contributed by atoms with Gasteiger partial charge in [0.2, 0.25) is 0 Å². The van der Waals surface area contributed by atoms with Gasteiger partial charge in [0, 0.05) is 18.7 Å². The molecule has 0 aliphatic carbocycles. The number of carbonyl (C=O) groups excluding carboxylic acids is 1. The van der Waals surface area contributed by atoms with Crippen molar-refractivity contribution in [2.45, 2.75) is 19.3 Å². The summed E-state index contributed by atoms with van der Waals surface area (Å²) in [5.74, 6) is -1.33. The second kappa shape index (κ2) is 7.29. The normalized spacial score (nSPS) is 11.8. The first kappa shape index (κ1) is 18.4. The van der Waals surface area contributed by atoms with Crippen molar-refractivity contribution in [1.82, 2.24) is 4.57 Å². The van der Waals surface area contributed by atoms with Gasteiger partial charge >= 0.3 is 5.97 Å². The van der Waals surface area contributed by atoms with Crippen LogP contribution in [0.15, 0.2) is 29.1 Å². The number of aryl methyl sites for hydroxylation is 1. The highest BCUT2D eigenvalue weighted by Gasteiger charge is 2.26. The van der Waals surface area contributed by atoms with E-state index < -0.39 is 17.4 Å². The summed E-state index contributed by atoms with van der Waals surface area (Å²) < 4.78 is 11.2. The number of esters is 1. The van der Waals surface area contributed by atoms with Gasteiger partial charge in [0.15, 0.2) is 11.5 Å². The molecule has 0 aliphatic rings. The molecule has 7 heteroatoms. The first-order chi connectivity index (χ1) is 11.8. The highest BCUT2D eigenvalue weighted by molar-refractivity contribution is 5.71. The molecule has 7 nitrogen and oxygen atoms in total. The van der Waals surface area contributed by atoms with Gasteiger partial charge in [-0.2, -0.15) is 0 Å². The number of phenols is 1. The van der Waals surface area contributed by atoms with E-state index in [1.165, 1.54) is 37.0 Å². The van der Waals surface area contributed by atoms with Crippen molar-refractivity contribution in [3.63, 3.8) is 0 Å². The fourth-order valence-corrected chi connectivity index (χ4v) is 2.70. The highest BCUT2D eigenvalue weighted by Crippen LogP contribution is 2.36. The lowest BCUT2D eigenvalue weighted by atomic mass is 9.88. The maximum absolute atomic E-state index is 12.7. The Morgan fingerprint density at radius 3 is 2.48 bits per heavy atom. The second-order valence-electron chi connectivity index (χ2n) is 5.71. The molecular weight excluding hydrogens is 326 g/mol. The van der Waals surface area contributed by atoms with Crippen LogP contribution in [0.5, 0.6) is 17.2 Å². The van der Waals surface area contributed by atoms with E-state index in [1.807, 2.05) is 0 Å². The van der Waals surface area contributed by atoms with Crippen molar-refractivity contribution in [2.24, 2.45) is 7.05 Å². The molecule has 0 saturated heterocycles. The van der Waals surface area contributed by atoms with Crippen LogP contribution in [0.25, 0.3) is 0 Å². The SMILES string of the molecule is COC(=O)CC(c1ccc(O)c(OC)c1)c1c(O)cc(C)n(C)c1=O. The zero-order valence-electron chi connectivity index (χ0n) is 14.6. The molecule has 0 bridgehead atoms. The summed E-state index contributed by atoms with van der Waals surface area (Å²) in [7, 11) is 4.24. The van der Waals surface area contributed by atoms with Crippen LogP contribution >= 0.6 is 0 Å². The molecule has 1 unspecified atom stereocenters. The molecule has 0 amide bonds. The molecule has 2 N–H and O–H groups in total.